The van der Waals surface area contributed by atoms with E-state index in [1.165, 1.54) is 0 Å². The molecule has 0 fully saturated rings. The molecule has 0 spiro atoms. The molecule has 1 aromatic heterocycles. The molecular weight excluding hydrogens is 257 g/mol. The zero-order valence-corrected chi connectivity index (χ0v) is 11.2. The fourth-order valence-corrected chi connectivity index (χ4v) is 2.09. The summed E-state index contributed by atoms with van der Waals surface area (Å²) in [5.41, 5.74) is 9.30. The lowest BCUT2D eigenvalue weighted by Gasteiger charge is -2.10. The van der Waals surface area contributed by atoms with Crippen molar-refractivity contribution in [3.63, 3.8) is 0 Å². The van der Waals surface area contributed by atoms with Crippen LogP contribution in [0, 0.1) is 13.8 Å². The van der Waals surface area contributed by atoms with Gasteiger partial charge in [0.25, 0.3) is 0 Å². The lowest BCUT2D eigenvalue weighted by molar-refractivity contribution is 0.818. The van der Waals surface area contributed by atoms with E-state index >= 15 is 0 Å². The Kier molecular flexibility index (Phi) is 3.43. The molecule has 2 N–H and O–H groups in total. The van der Waals surface area contributed by atoms with Crippen molar-refractivity contribution < 1.29 is 0 Å². The monoisotopic (exact) mass is 269 g/mol. The van der Waals surface area contributed by atoms with Crippen LogP contribution in [-0.4, -0.2) is 9.78 Å². The Morgan fingerprint density at radius 2 is 2.00 bits per heavy atom. The van der Waals surface area contributed by atoms with Gasteiger partial charge in [-0.2, -0.15) is 5.10 Å². The third-order valence-electron chi connectivity index (χ3n) is 2.69. The number of nitrogens with zero attached hydrogens (tertiary/aromatic N) is 2. The van der Waals surface area contributed by atoms with E-state index in [4.69, 9.17) is 28.9 Å². The van der Waals surface area contributed by atoms with E-state index in [1.54, 1.807) is 4.68 Å². The van der Waals surface area contributed by atoms with E-state index in [2.05, 4.69) is 5.10 Å². The Hall–Kier alpha value is -1.03. The number of nitrogens with two attached hydrogens (primary N) is 1. The topological polar surface area (TPSA) is 43.8 Å². The first-order valence-corrected chi connectivity index (χ1v) is 6.00. The number of aromatic nitrogens is 2. The SMILES string of the molecule is Cc1nn(-c2ccc(Cl)cc2CN)c(C)c1Cl. The highest BCUT2D eigenvalue weighted by atomic mass is 35.5. The first kappa shape index (κ1) is 12.4. The first-order valence-electron chi connectivity index (χ1n) is 5.25. The molecule has 0 radical (unpaired) electrons. The van der Waals surface area contributed by atoms with Crippen LogP contribution in [0.25, 0.3) is 5.69 Å². The van der Waals surface area contributed by atoms with Gasteiger partial charge in [-0.1, -0.05) is 23.2 Å². The smallest absolute Gasteiger partial charge is 0.0848 e. The second-order valence-corrected chi connectivity index (χ2v) is 4.69. The molecule has 0 aliphatic carbocycles. The van der Waals surface area contributed by atoms with Crippen LogP contribution in [0.2, 0.25) is 10.0 Å². The largest absolute Gasteiger partial charge is 0.326 e. The maximum absolute atomic E-state index is 6.13. The summed E-state index contributed by atoms with van der Waals surface area (Å²) in [4.78, 5) is 0. The number of hydrogen-bond acceptors (Lipinski definition) is 2. The predicted octanol–water partition coefficient (Wildman–Crippen LogP) is 3.25. The van der Waals surface area contributed by atoms with Crippen LogP contribution in [-0.2, 0) is 6.54 Å². The molecule has 2 rings (SSSR count). The highest BCUT2D eigenvalue weighted by Crippen LogP contribution is 2.25. The molecule has 0 aliphatic rings. The third kappa shape index (κ3) is 2.18. The Labute approximate surface area is 110 Å². The lowest BCUT2D eigenvalue weighted by atomic mass is 10.2. The minimum Gasteiger partial charge on any atom is -0.326 e. The maximum atomic E-state index is 6.13. The molecule has 2 aromatic rings. The molecule has 0 saturated heterocycles. The molecule has 3 nitrogen and oxygen atoms in total. The van der Waals surface area contributed by atoms with Gasteiger partial charge in [0.1, 0.15) is 0 Å². The minimum atomic E-state index is 0.409. The van der Waals surface area contributed by atoms with Crippen molar-refractivity contribution in [3.05, 3.63) is 45.2 Å². The molecule has 0 amide bonds. The summed E-state index contributed by atoms with van der Waals surface area (Å²) in [5, 5.41) is 5.76. The second kappa shape index (κ2) is 4.69. The molecule has 0 bridgehead atoms. The third-order valence-corrected chi connectivity index (χ3v) is 3.47. The molecule has 0 saturated carbocycles. The Morgan fingerprint density at radius 1 is 1.29 bits per heavy atom. The average Bonchev–Trinajstić information content (AvgIpc) is 2.57. The molecule has 90 valence electrons. The second-order valence-electron chi connectivity index (χ2n) is 3.87. The molecule has 0 atom stereocenters. The number of halogens is 2. The summed E-state index contributed by atoms with van der Waals surface area (Å²) in [6.07, 6.45) is 0. The van der Waals surface area contributed by atoms with Gasteiger partial charge in [-0.25, -0.2) is 4.68 Å². The Balaban J connectivity index is 2.64. The van der Waals surface area contributed by atoms with Crippen LogP contribution in [0.4, 0.5) is 0 Å². The van der Waals surface area contributed by atoms with Gasteiger partial charge in [-0.3, -0.25) is 0 Å². The van der Waals surface area contributed by atoms with Gasteiger partial charge in [-0.15, -0.1) is 0 Å². The fourth-order valence-electron chi connectivity index (χ4n) is 1.78. The van der Waals surface area contributed by atoms with Crippen LogP contribution in [0.5, 0.6) is 0 Å². The van der Waals surface area contributed by atoms with Gasteiger partial charge in [0.15, 0.2) is 0 Å². The summed E-state index contributed by atoms with van der Waals surface area (Å²) in [7, 11) is 0. The Bertz CT molecular complexity index is 561. The maximum Gasteiger partial charge on any atom is 0.0848 e. The number of aryl methyl sites for hydroxylation is 1. The predicted molar refractivity (Wildman–Crippen MR) is 70.9 cm³/mol. The minimum absolute atomic E-state index is 0.409. The van der Waals surface area contributed by atoms with Gasteiger partial charge < -0.3 is 5.73 Å². The van der Waals surface area contributed by atoms with Gasteiger partial charge in [0.2, 0.25) is 0 Å². The summed E-state index contributed by atoms with van der Waals surface area (Å²) < 4.78 is 1.80. The van der Waals surface area contributed by atoms with Gasteiger partial charge in [-0.05, 0) is 37.6 Å². The standard InChI is InChI=1S/C12H13Cl2N3/c1-7-12(14)8(2)17(16-7)11-4-3-10(13)5-9(11)6-15/h3-5H,6,15H2,1-2H3. The van der Waals surface area contributed by atoms with Gasteiger partial charge in [0, 0.05) is 11.6 Å². The average molecular weight is 270 g/mol. The normalized spacial score (nSPS) is 10.9. The number of hydrogen-bond donors (Lipinski definition) is 1. The Morgan fingerprint density at radius 3 is 2.53 bits per heavy atom. The quantitative estimate of drug-likeness (QED) is 0.910. The molecule has 1 aromatic carbocycles. The van der Waals surface area contributed by atoms with Crippen molar-refractivity contribution in [1.29, 1.82) is 0 Å². The van der Waals surface area contributed by atoms with Crippen LogP contribution in [0.3, 0.4) is 0 Å². The molecule has 17 heavy (non-hydrogen) atoms. The van der Waals surface area contributed by atoms with Crippen molar-refractivity contribution in [3.8, 4) is 5.69 Å². The number of rotatable bonds is 2. The summed E-state index contributed by atoms with van der Waals surface area (Å²) >= 11 is 12.1. The molecule has 0 aliphatic heterocycles. The summed E-state index contributed by atoms with van der Waals surface area (Å²) in [5.74, 6) is 0. The zero-order chi connectivity index (χ0) is 12.6. The van der Waals surface area contributed by atoms with Crippen molar-refractivity contribution in [1.82, 2.24) is 9.78 Å². The van der Waals surface area contributed by atoms with Crippen molar-refractivity contribution in [2.24, 2.45) is 5.73 Å². The van der Waals surface area contributed by atoms with E-state index in [0.717, 1.165) is 22.6 Å². The molecule has 1 heterocycles. The van der Waals surface area contributed by atoms with Gasteiger partial charge >= 0.3 is 0 Å². The highest BCUT2D eigenvalue weighted by molar-refractivity contribution is 6.32. The van der Waals surface area contributed by atoms with Crippen LogP contribution >= 0.6 is 23.2 Å². The van der Waals surface area contributed by atoms with Gasteiger partial charge in [0.05, 0.1) is 22.1 Å². The van der Waals surface area contributed by atoms with Crippen LogP contribution < -0.4 is 5.73 Å². The summed E-state index contributed by atoms with van der Waals surface area (Å²) in [6, 6.07) is 5.57. The van der Waals surface area contributed by atoms with E-state index in [-0.39, 0.29) is 0 Å². The van der Waals surface area contributed by atoms with E-state index in [1.807, 2.05) is 32.0 Å². The lowest BCUT2D eigenvalue weighted by Crippen LogP contribution is -2.07. The fraction of sp³-hybridized carbons (Fsp3) is 0.250. The van der Waals surface area contributed by atoms with Crippen molar-refractivity contribution >= 4 is 23.2 Å². The first-order chi connectivity index (χ1) is 8.04. The highest BCUT2D eigenvalue weighted by Gasteiger charge is 2.13. The van der Waals surface area contributed by atoms with Crippen molar-refractivity contribution in [2.45, 2.75) is 20.4 Å². The summed E-state index contributed by atoms with van der Waals surface area (Å²) in [6.45, 7) is 4.22. The van der Waals surface area contributed by atoms with Crippen LogP contribution in [0.15, 0.2) is 18.2 Å². The molecule has 0 unspecified atom stereocenters. The van der Waals surface area contributed by atoms with Crippen molar-refractivity contribution in [2.75, 3.05) is 0 Å². The van der Waals surface area contributed by atoms with E-state index < -0.39 is 0 Å². The number of benzene rings is 1. The van der Waals surface area contributed by atoms with E-state index in [0.29, 0.717) is 16.6 Å². The molecular formula is C12H13Cl2N3. The zero-order valence-electron chi connectivity index (χ0n) is 9.67. The molecule has 5 heteroatoms. The van der Waals surface area contributed by atoms with Crippen LogP contribution in [0.1, 0.15) is 17.0 Å². The van der Waals surface area contributed by atoms with E-state index in [9.17, 15) is 0 Å².